The lowest BCUT2D eigenvalue weighted by molar-refractivity contribution is 0.482. The summed E-state index contributed by atoms with van der Waals surface area (Å²) < 4.78 is 6.19. The van der Waals surface area contributed by atoms with Crippen molar-refractivity contribution in [1.82, 2.24) is 0 Å². The number of benzene rings is 2. The number of ether oxygens (including phenoxy) is 1. The molecule has 1 nitrogen and oxygen atoms in total. The lowest BCUT2D eigenvalue weighted by atomic mass is 10.1. The van der Waals surface area contributed by atoms with E-state index in [0.717, 1.165) is 24.3 Å². The van der Waals surface area contributed by atoms with E-state index < -0.39 is 0 Å². The molecule has 0 saturated heterocycles. The van der Waals surface area contributed by atoms with Gasteiger partial charge in [-0.15, -0.1) is 11.8 Å². The minimum absolute atomic E-state index is 0.275. The van der Waals surface area contributed by atoms with Crippen LogP contribution < -0.4 is 4.74 Å². The van der Waals surface area contributed by atoms with E-state index in [-0.39, 0.29) is 4.75 Å². The third-order valence-electron chi connectivity index (χ3n) is 3.77. The maximum Gasteiger partial charge on any atom is 0.127 e. The van der Waals surface area contributed by atoms with Crippen LogP contribution >= 0.6 is 11.8 Å². The Labute approximate surface area is 139 Å². The molecule has 0 spiro atoms. The van der Waals surface area contributed by atoms with Crippen LogP contribution in [-0.2, 0) is 6.42 Å². The van der Waals surface area contributed by atoms with Gasteiger partial charge in [0.2, 0.25) is 0 Å². The standard InChI is InChI=1S/C20H26OS/c1-5-7-16-8-10-17(11-9-16)21-18-12-14-19(15-13-18)22-20(3,4)6-2/h8-15H,5-7H2,1-4H3. The molecular weight excluding hydrogens is 288 g/mol. The highest BCUT2D eigenvalue weighted by atomic mass is 32.2. The smallest absolute Gasteiger partial charge is 0.127 e. The van der Waals surface area contributed by atoms with Gasteiger partial charge in [-0.1, -0.05) is 46.2 Å². The van der Waals surface area contributed by atoms with Crippen molar-refractivity contribution in [3.63, 3.8) is 0 Å². The van der Waals surface area contributed by atoms with E-state index in [0.29, 0.717) is 0 Å². The number of rotatable bonds is 7. The van der Waals surface area contributed by atoms with E-state index in [1.54, 1.807) is 0 Å². The molecule has 2 aromatic rings. The van der Waals surface area contributed by atoms with E-state index in [9.17, 15) is 0 Å². The Morgan fingerprint density at radius 1 is 0.864 bits per heavy atom. The second-order valence-corrected chi connectivity index (χ2v) is 7.96. The Morgan fingerprint density at radius 2 is 1.41 bits per heavy atom. The summed E-state index contributed by atoms with van der Waals surface area (Å²) in [5.74, 6) is 1.79. The molecule has 0 saturated carbocycles. The minimum atomic E-state index is 0.275. The molecule has 0 radical (unpaired) electrons. The average Bonchev–Trinajstić information content (AvgIpc) is 2.51. The van der Waals surface area contributed by atoms with Gasteiger partial charge in [0.1, 0.15) is 11.5 Å². The Bertz CT molecular complexity index is 570. The third kappa shape index (κ3) is 5.10. The van der Waals surface area contributed by atoms with Crippen molar-refractivity contribution in [3.8, 4) is 11.5 Å². The van der Waals surface area contributed by atoms with Crippen molar-refractivity contribution in [1.29, 1.82) is 0 Å². The second kappa shape index (κ2) is 7.73. The fourth-order valence-corrected chi connectivity index (χ4v) is 3.17. The zero-order chi connectivity index (χ0) is 16.0. The van der Waals surface area contributed by atoms with Gasteiger partial charge >= 0.3 is 0 Å². The van der Waals surface area contributed by atoms with Gasteiger partial charge in [-0.2, -0.15) is 0 Å². The fourth-order valence-electron chi connectivity index (χ4n) is 2.12. The predicted octanol–water partition coefficient (Wildman–Crippen LogP) is 6.71. The highest BCUT2D eigenvalue weighted by Gasteiger charge is 2.16. The number of thioether (sulfide) groups is 1. The summed E-state index contributed by atoms with van der Waals surface area (Å²) in [6.07, 6.45) is 3.45. The fraction of sp³-hybridized carbons (Fsp3) is 0.400. The van der Waals surface area contributed by atoms with E-state index in [2.05, 4.69) is 52.0 Å². The molecule has 2 heteroatoms. The van der Waals surface area contributed by atoms with Gasteiger partial charge in [-0.3, -0.25) is 0 Å². The first-order chi connectivity index (χ1) is 10.5. The summed E-state index contributed by atoms with van der Waals surface area (Å²) in [6, 6.07) is 16.8. The molecule has 0 aliphatic carbocycles. The molecule has 2 aromatic carbocycles. The van der Waals surface area contributed by atoms with E-state index >= 15 is 0 Å². The molecule has 0 heterocycles. The van der Waals surface area contributed by atoms with Crippen LogP contribution in [0.15, 0.2) is 53.4 Å². The third-order valence-corrected chi connectivity index (χ3v) is 5.12. The monoisotopic (exact) mass is 314 g/mol. The van der Waals surface area contributed by atoms with Crippen LogP contribution in [0.2, 0.25) is 0 Å². The van der Waals surface area contributed by atoms with Crippen molar-refractivity contribution in [2.24, 2.45) is 0 Å². The van der Waals surface area contributed by atoms with Gasteiger partial charge < -0.3 is 4.74 Å². The summed E-state index contributed by atoms with van der Waals surface area (Å²) in [7, 11) is 0. The molecule has 0 aliphatic rings. The maximum absolute atomic E-state index is 5.91. The molecule has 0 fully saturated rings. The van der Waals surface area contributed by atoms with E-state index in [1.807, 2.05) is 36.0 Å². The van der Waals surface area contributed by atoms with Gasteiger partial charge in [-0.05, 0) is 54.8 Å². The van der Waals surface area contributed by atoms with Crippen molar-refractivity contribution < 1.29 is 4.74 Å². The Balaban J connectivity index is 1.99. The molecule has 118 valence electrons. The van der Waals surface area contributed by atoms with E-state index in [4.69, 9.17) is 4.74 Å². The number of hydrogen-bond acceptors (Lipinski definition) is 2. The molecule has 22 heavy (non-hydrogen) atoms. The molecule has 0 bridgehead atoms. The van der Waals surface area contributed by atoms with Crippen LogP contribution in [0, 0.1) is 0 Å². The Kier molecular flexibility index (Phi) is 5.96. The number of aryl methyl sites for hydroxylation is 1. The summed E-state index contributed by atoms with van der Waals surface area (Å²) in [5, 5.41) is 0. The van der Waals surface area contributed by atoms with Gasteiger partial charge in [0, 0.05) is 9.64 Å². The molecule has 0 aliphatic heterocycles. The first kappa shape index (κ1) is 17.0. The van der Waals surface area contributed by atoms with Gasteiger partial charge in [0.15, 0.2) is 0 Å². The molecule has 0 atom stereocenters. The maximum atomic E-state index is 5.91. The molecule has 0 unspecified atom stereocenters. The zero-order valence-electron chi connectivity index (χ0n) is 14.1. The topological polar surface area (TPSA) is 9.23 Å². The van der Waals surface area contributed by atoms with Gasteiger partial charge in [0.25, 0.3) is 0 Å². The quantitative estimate of drug-likeness (QED) is 0.525. The Morgan fingerprint density at radius 3 is 1.91 bits per heavy atom. The molecule has 0 N–H and O–H groups in total. The molecule has 0 amide bonds. The summed E-state index contributed by atoms with van der Waals surface area (Å²) >= 11 is 1.91. The van der Waals surface area contributed by atoms with Crippen LogP contribution in [0.3, 0.4) is 0 Å². The van der Waals surface area contributed by atoms with Crippen molar-refractivity contribution >= 4 is 11.8 Å². The van der Waals surface area contributed by atoms with Crippen LogP contribution in [0.25, 0.3) is 0 Å². The average molecular weight is 314 g/mol. The first-order valence-electron chi connectivity index (χ1n) is 8.08. The minimum Gasteiger partial charge on any atom is -0.457 e. The van der Waals surface area contributed by atoms with Crippen molar-refractivity contribution in [2.75, 3.05) is 0 Å². The molecular formula is C20H26OS. The van der Waals surface area contributed by atoms with Crippen LogP contribution in [0.1, 0.15) is 46.1 Å². The SMILES string of the molecule is CCCc1ccc(Oc2ccc(SC(C)(C)CC)cc2)cc1. The zero-order valence-corrected chi connectivity index (χ0v) is 14.9. The van der Waals surface area contributed by atoms with Crippen molar-refractivity contribution in [2.45, 2.75) is 56.6 Å². The molecule has 0 aromatic heterocycles. The lowest BCUT2D eigenvalue weighted by Crippen LogP contribution is -2.11. The van der Waals surface area contributed by atoms with E-state index in [1.165, 1.54) is 16.9 Å². The van der Waals surface area contributed by atoms with Crippen LogP contribution in [0.4, 0.5) is 0 Å². The predicted molar refractivity (Wildman–Crippen MR) is 97.2 cm³/mol. The second-order valence-electron chi connectivity index (χ2n) is 6.18. The van der Waals surface area contributed by atoms with Crippen LogP contribution in [0.5, 0.6) is 11.5 Å². The van der Waals surface area contributed by atoms with Crippen molar-refractivity contribution in [3.05, 3.63) is 54.1 Å². The lowest BCUT2D eigenvalue weighted by Gasteiger charge is -2.21. The van der Waals surface area contributed by atoms with Gasteiger partial charge in [-0.25, -0.2) is 0 Å². The largest absolute Gasteiger partial charge is 0.457 e. The number of hydrogen-bond donors (Lipinski definition) is 0. The first-order valence-corrected chi connectivity index (χ1v) is 8.90. The normalized spacial score (nSPS) is 11.5. The highest BCUT2D eigenvalue weighted by molar-refractivity contribution is 8.00. The summed E-state index contributed by atoms with van der Waals surface area (Å²) in [6.45, 7) is 8.98. The summed E-state index contributed by atoms with van der Waals surface area (Å²) in [5.41, 5.74) is 1.36. The summed E-state index contributed by atoms with van der Waals surface area (Å²) in [4.78, 5) is 1.29. The Hall–Kier alpha value is -1.41. The van der Waals surface area contributed by atoms with Gasteiger partial charge in [0.05, 0.1) is 0 Å². The highest BCUT2D eigenvalue weighted by Crippen LogP contribution is 2.35. The van der Waals surface area contributed by atoms with Crippen LogP contribution in [-0.4, -0.2) is 4.75 Å². The molecule has 2 rings (SSSR count).